The van der Waals surface area contributed by atoms with Crippen molar-refractivity contribution >= 4 is 0 Å². The van der Waals surface area contributed by atoms with Crippen molar-refractivity contribution in [3.8, 4) is 24.1 Å². The smallest absolute Gasteiger partial charge is 0.154 e. The fourth-order valence-corrected chi connectivity index (χ4v) is 0.235. The fraction of sp³-hybridized carbons (Fsp3) is 0.333. The summed E-state index contributed by atoms with van der Waals surface area (Å²) in [7, 11) is 0. The molecule has 10 heavy (non-hydrogen) atoms. The third-order valence-electron chi connectivity index (χ3n) is 0.556. The molecule has 0 aromatic heterocycles. The third-order valence-corrected chi connectivity index (χ3v) is 0.556. The van der Waals surface area contributed by atoms with E-state index < -0.39 is 0 Å². The van der Waals surface area contributed by atoms with Gasteiger partial charge < -0.3 is 0 Å². The molecule has 0 aromatic carbocycles. The van der Waals surface area contributed by atoms with Gasteiger partial charge in [-0.15, -0.1) is 5.11 Å². The van der Waals surface area contributed by atoms with Crippen LogP contribution in [0.3, 0.4) is 0 Å². The maximum absolute atomic E-state index is 8.03. The highest BCUT2D eigenvalue weighted by Gasteiger charge is 1.74. The van der Waals surface area contributed by atoms with E-state index in [2.05, 4.69) is 16.3 Å². The van der Waals surface area contributed by atoms with E-state index in [1.54, 1.807) is 6.07 Å². The molecule has 0 N–H and O–H groups in total. The minimum absolute atomic E-state index is 0.331. The van der Waals surface area contributed by atoms with E-state index >= 15 is 0 Å². The molecular weight excluding hydrogens is 128 g/mol. The Hall–Kier alpha value is -1.86. The van der Waals surface area contributed by atoms with Gasteiger partial charge in [0.15, 0.2) is 6.07 Å². The van der Waals surface area contributed by atoms with Crippen molar-refractivity contribution in [3.63, 3.8) is 0 Å². The number of nitriles is 2. The Labute approximate surface area is 58.8 Å². The number of rotatable bonds is 2. The Morgan fingerprint density at radius 3 is 2.70 bits per heavy atom. The molecule has 0 aliphatic carbocycles. The SMILES string of the molecule is N#CC#CN=NCCC#N. The van der Waals surface area contributed by atoms with Crippen LogP contribution in [0.15, 0.2) is 10.2 Å². The molecule has 4 heteroatoms. The average molecular weight is 132 g/mol. The second kappa shape index (κ2) is 7.14. The molecule has 0 atom stereocenters. The highest BCUT2D eigenvalue weighted by Crippen LogP contribution is 1.77. The molecule has 0 aromatic rings. The van der Waals surface area contributed by atoms with Crippen molar-refractivity contribution in [1.82, 2.24) is 0 Å². The quantitative estimate of drug-likeness (QED) is 0.317. The van der Waals surface area contributed by atoms with E-state index in [-0.39, 0.29) is 0 Å². The van der Waals surface area contributed by atoms with Crippen molar-refractivity contribution in [2.24, 2.45) is 10.2 Å². The van der Waals surface area contributed by atoms with Crippen LogP contribution in [0.2, 0.25) is 0 Å². The number of hydrogen-bond donors (Lipinski definition) is 0. The molecule has 0 fully saturated rings. The summed E-state index contributed by atoms with van der Waals surface area (Å²) in [5.41, 5.74) is 0. The summed E-state index contributed by atoms with van der Waals surface area (Å²) >= 11 is 0. The summed E-state index contributed by atoms with van der Waals surface area (Å²) in [6, 6.07) is 5.60. The zero-order chi connectivity index (χ0) is 7.66. The van der Waals surface area contributed by atoms with E-state index in [0.717, 1.165) is 0 Å². The van der Waals surface area contributed by atoms with Gasteiger partial charge in [-0.05, 0) is 0 Å². The van der Waals surface area contributed by atoms with Crippen LogP contribution in [0.1, 0.15) is 6.42 Å². The summed E-state index contributed by atoms with van der Waals surface area (Å²) in [6.45, 7) is 0.344. The van der Waals surface area contributed by atoms with Crippen molar-refractivity contribution in [2.45, 2.75) is 6.42 Å². The Bertz CT molecular complexity index is 242. The first-order valence-electron chi connectivity index (χ1n) is 2.54. The molecule has 0 unspecified atom stereocenters. The minimum Gasteiger partial charge on any atom is -0.198 e. The normalized spacial score (nSPS) is 7.40. The monoisotopic (exact) mass is 132 g/mol. The van der Waals surface area contributed by atoms with Gasteiger partial charge in [0.25, 0.3) is 0 Å². The van der Waals surface area contributed by atoms with Crippen LogP contribution in [-0.2, 0) is 0 Å². The van der Waals surface area contributed by atoms with E-state index in [0.29, 0.717) is 13.0 Å². The van der Waals surface area contributed by atoms with Gasteiger partial charge in [-0.1, -0.05) is 0 Å². The standard InChI is InChI=1S/C6H4N4/c7-3-1-5-9-10-6-2-4-8/h1,5H2. The van der Waals surface area contributed by atoms with Gasteiger partial charge in [0, 0.05) is 5.92 Å². The first-order chi connectivity index (χ1) is 4.91. The maximum atomic E-state index is 8.03. The second-order valence-corrected chi connectivity index (χ2v) is 1.22. The van der Waals surface area contributed by atoms with Crippen LogP contribution in [-0.4, -0.2) is 6.54 Å². The fourth-order valence-electron chi connectivity index (χ4n) is 0.235. The lowest BCUT2D eigenvalue weighted by atomic mass is 10.5. The van der Waals surface area contributed by atoms with Crippen LogP contribution >= 0.6 is 0 Å². The van der Waals surface area contributed by atoms with E-state index in [1.807, 2.05) is 12.0 Å². The lowest BCUT2D eigenvalue weighted by molar-refractivity contribution is 0.941. The van der Waals surface area contributed by atoms with Gasteiger partial charge in [0.2, 0.25) is 0 Å². The zero-order valence-corrected chi connectivity index (χ0v) is 5.20. The van der Waals surface area contributed by atoms with Crippen molar-refractivity contribution < 1.29 is 0 Å². The van der Waals surface area contributed by atoms with E-state index in [1.165, 1.54) is 0 Å². The molecule has 0 heterocycles. The largest absolute Gasteiger partial charge is 0.198 e. The van der Waals surface area contributed by atoms with Gasteiger partial charge in [-0.3, -0.25) is 0 Å². The summed E-state index contributed by atoms with van der Waals surface area (Å²) < 4.78 is 0. The van der Waals surface area contributed by atoms with Gasteiger partial charge in [-0.25, -0.2) is 0 Å². The molecule has 48 valence electrons. The number of hydrogen-bond acceptors (Lipinski definition) is 4. The minimum atomic E-state index is 0.331. The van der Waals surface area contributed by atoms with E-state index in [4.69, 9.17) is 10.5 Å². The lowest BCUT2D eigenvalue weighted by Gasteiger charge is -1.74. The lowest BCUT2D eigenvalue weighted by Crippen LogP contribution is -1.71. The van der Waals surface area contributed by atoms with Crippen LogP contribution in [0, 0.1) is 34.6 Å². The van der Waals surface area contributed by atoms with Gasteiger partial charge in [0.05, 0.1) is 25.1 Å². The highest BCUT2D eigenvalue weighted by molar-refractivity contribution is 5.14. The molecule has 0 aliphatic heterocycles. The summed E-state index contributed by atoms with van der Waals surface area (Å²) in [4.78, 5) is 0. The predicted octanol–water partition coefficient (Wildman–Crippen LogP) is 0.837. The molecule has 0 rings (SSSR count). The van der Waals surface area contributed by atoms with Gasteiger partial charge >= 0.3 is 0 Å². The maximum Gasteiger partial charge on any atom is 0.154 e. The Balaban J connectivity index is 3.42. The Morgan fingerprint density at radius 2 is 2.10 bits per heavy atom. The molecule has 0 spiro atoms. The molecule has 0 amide bonds. The van der Waals surface area contributed by atoms with Crippen LogP contribution in [0.25, 0.3) is 0 Å². The first-order valence-corrected chi connectivity index (χ1v) is 2.54. The molecule has 0 aliphatic rings. The van der Waals surface area contributed by atoms with Crippen molar-refractivity contribution in [2.75, 3.05) is 6.54 Å². The Morgan fingerprint density at radius 1 is 1.30 bits per heavy atom. The van der Waals surface area contributed by atoms with Gasteiger partial charge in [-0.2, -0.15) is 15.6 Å². The van der Waals surface area contributed by atoms with Crippen LogP contribution in [0.4, 0.5) is 0 Å². The number of nitrogens with zero attached hydrogens (tertiary/aromatic N) is 4. The van der Waals surface area contributed by atoms with Crippen LogP contribution < -0.4 is 0 Å². The second-order valence-electron chi connectivity index (χ2n) is 1.22. The molecule has 0 bridgehead atoms. The summed E-state index contributed by atoms with van der Waals surface area (Å²) in [5, 5.41) is 22.7. The predicted molar refractivity (Wildman–Crippen MR) is 33.3 cm³/mol. The summed E-state index contributed by atoms with van der Waals surface area (Å²) in [6.07, 6.45) is 0.331. The highest BCUT2D eigenvalue weighted by atomic mass is 15.1. The topological polar surface area (TPSA) is 72.3 Å². The Kier molecular flexibility index (Phi) is 5.81. The van der Waals surface area contributed by atoms with Crippen LogP contribution in [0.5, 0.6) is 0 Å². The molecule has 4 nitrogen and oxygen atoms in total. The molecule has 0 radical (unpaired) electrons. The zero-order valence-electron chi connectivity index (χ0n) is 5.20. The first kappa shape index (κ1) is 8.14. The van der Waals surface area contributed by atoms with Crippen molar-refractivity contribution in [1.29, 1.82) is 10.5 Å². The third kappa shape index (κ3) is 6.14. The van der Waals surface area contributed by atoms with Crippen molar-refractivity contribution in [3.05, 3.63) is 0 Å². The molecule has 0 saturated carbocycles. The molecule has 0 saturated heterocycles. The average Bonchev–Trinajstić information content (AvgIpc) is 1.97. The summed E-state index contributed by atoms with van der Waals surface area (Å²) in [5.74, 6) is 2.04. The van der Waals surface area contributed by atoms with Gasteiger partial charge in [0.1, 0.15) is 0 Å². The molecular formula is C6H4N4. The number of azo groups is 1. The van der Waals surface area contributed by atoms with E-state index in [9.17, 15) is 0 Å².